The van der Waals surface area contributed by atoms with Crippen LogP contribution in [0.2, 0.25) is 0 Å². The van der Waals surface area contributed by atoms with Gasteiger partial charge in [-0.2, -0.15) is 0 Å². The number of anilines is 1. The van der Waals surface area contributed by atoms with Gasteiger partial charge in [-0.05, 0) is 70.1 Å². The van der Waals surface area contributed by atoms with Crippen LogP contribution in [0.1, 0.15) is 47.7 Å². The Morgan fingerprint density at radius 1 is 1.00 bits per heavy atom. The summed E-state index contributed by atoms with van der Waals surface area (Å²) < 4.78 is 6.51. The second-order valence-corrected chi connectivity index (χ2v) is 8.73. The van der Waals surface area contributed by atoms with Crippen molar-refractivity contribution < 1.29 is 14.3 Å². The number of halogens is 1. The van der Waals surface area contributed by atoms with Crippen molar-refractivity contribution >= 4 is 33.4 Å². The van der Waals surface area contributed by atoms with E-state index in [1.165, 1.54) is 5.56 Å². The number of carbonyl (C=O) groups excluding carboxylic acids is 2. The summed E-state index contributed by atoms with van der Waals surface area (Å²) >= 11 is 3.52. The molecule has 5 nitrogen and oxygen atoms in total. The molecule has 0 aromatic heterocycles. The highest BCUT2D eigenvalue weighted by atomic mass is 79.9. The predicted octanol–water partition coefficient (Wildman–Crippen LogP) is 5.95. The highest BCUT2D eigenvalue weighted by Gasteiger charge is 2.14. The predicted molar refractivity (Wildman–Crippen MR) is 136 cm³/mol. The molecule has 0 bridgehead atoms. The highest BCUT2D eigenvalue weighted by Crippen LogP contribution is 2.30. The van der Waals surface area contributed by atoms with Crippen LogP contribution in [0.25, 0.3) is 0 Å². The Morgan fingerprint density at radius 2 is 1.73 bits per heavy atom. The third kappa shape index (κ3) is 7.19. The maximum Gasteiger partial charge on any atom is 0.262 e. The summed E-state index contributed by atoms with van der Waals surface area (Å²) in [5.41, 5.74) is 3.24. The number of hydrogen-bond donors (Lipinski definition) is 2. The van der Waals surface area contributed by atoms with Crippen molar-refractivity contribution in [3.8, 4) is 5.75 Å². The highest BCUT2D eigenvalue weighted by molar-refractivity contribution is 9.10. The second kappa shape index (κ2) is 12.2. The fraction of sp³-hybridized carbons (Fsp3) is 0.259. The molecule has 1 atom stereocenters. The number of rotatable bonds is 10. The van der Waals surface area contributed by atoms with Crippen LogP contribution in [0.3, 0.4) is 0 Å². The van der Waals surface area contributed by atoms with E-state index in [2.05, 4.69) is 40.4 Å². The van der Waals surface area contributed by atoms with Gasteiger partial charge in [-0.1, -0.05) is 62.4 Å². The van der Waals surface area contributed by atoms with Gasteiger partial charge < -0.3 is 15.4 Å². The van der Waals surface area contributed by atoms with Crippen molar-refractivity contribution in [2.45, 2.75) is 32.6 Å². The molecule has 0 aliphatic heterocycles. The van der Waals surface area contributed by atoms with Gasteiger partial charge in [0.05, 0.1) is 15.7 Å². The maximum atomic E-state index is 12.7. The van der Waals surface area contributed by atoms with Crippen molar-refractivity contribution in [3.05, 3.63) is 94.0 Å². The van der Waals surface area contributed by atoms with E-state index in [0.717, 1.165) is 22.9 Å². The zero-order valence-electron chi connectivity index (χ0n) is 18.9. The minimum Gasteiger partial charge on any atom is -0.483 e. The average molecular weight is 509 g/mol. The number of nitrogens with one attached hydrogen (secondary N) is 2. The van der Waals surface area contributed by atoms with Crippen molar-refractivity contribution in [1.82, 2.24) is 5.32 Å². The third-order valence-corrected chi connectivity index (χ3v) is 6.10. The van der Waals surface area contributed by atoms with Crippen molar-refractivity contribution in [3.63, 3.8) is 0 Å². The molecule has 3 aromatic carbocycles. The van der Waals surface area contributed by atoms with Gasteiger partial charge in [0.1, 0.15) is 5.75 Å². The molecule has 33 heavy (non-hydrogen) atoms. The number of ether oxygens (including phenoxy) is 1. The first-order valence-electron chi connectivity index (χ1n) is 11.1. The van der Waals surface area contributed by atoms with Gasteiger partial charge in [0.2, 0.25) is 0 Å². The molecule has 1 unspecified atom stereocenters. The first kappa shape index (κ1) is 24.5. The molecule has 3 rings (SSSR count). The van der Waals surface area contributed by atoms with Gasteiger partial charge in [-0.3, -0.25) is 9.59 Å². The SMILES string of the molecule is CCC(C)c1ccc(OCC(=O)Nc2ccccc2C(=O)NCCc2ccccc2)c(Br)c1. The van der Waals surface area contributed by atoms with Crippen LogP contribution in [0, 0.1) is 0 Å². The molecule has 3 aromatic rings. The van der Waals surface area contributed by atoms with Gasteiger partial charge in [0.15, 0.2) is 6.61 Å². The van der Waals surface area contributed by atoms with Gasteiger partial charge >= 0.3 is 0 Å². The topological polar surface area (TPSA) is 67.4 Å². The van der Waals surface area contributed by atoms with Gasteiger partial charge in [-0.25, -0.2) is 0 Å². The maximum absolute atomic E-state index is 12.7. The minimum absolute atomic E-state index is 0.161. The Morgan fingerprint density at radius 3 is 2.45 bits per heavy atom. The molecular formula is C27H29BrN2O3. The lowest BCUT2D eigenvalue weighted by Crippen LogP contribution is -2.28. The molecule has 2 N–H and O–H groups in total. The molecule has 0 aliphatic carbocycles. The summed E-state index contributed by atoms with van der Waals surface area (Å²) in [5, 5.41) is 5.71. The number of para-hydroxylation sites is 1. The molecule has 0 aliphatic rings. The van der Waals surface area contributed by atoms with E-state index in [9.17, 15) is 9.59 Å². The summed E-state index contributed by atoms with van der Waals surface area (Å²) in [6.07, 6.45) is 1.79. The number of benzene rings is 3. The quantitative estimate of drug-likeness (QED) is 0.355. The molecule has 6 heteroatoms. The number of hydrogen-bond acceptors (Lipinski definition) is 3. The van der Waals surface area contributed by atoms with Crippen LogP contribution >= 0.6 is 15.9 Å². The second-order valence-electron chi connectivity index (χ2n) is 7.87. The Balaban J connectivity index is 1.55. The van der Waals surface area contributed by atoms with Crippen LogP contribution in [-0.4, -0.2) is 25.0 Å². The van der Waals surface area contributed by atoms with E-state index in [1.807, 2.05) is 48.5 Å². The average Bonchev–Trinajstić information content (AvgIpc) is 2.83. The van der Waals surface area contributed by atoms with Gasteiger partial charge in [-0.15, -0.1) is 0 Å². The third-order valence-electron chi connectivity index (χ3n) is 5.48. The van der Waals surface area contributed by atoms with E-state index < -0.39 is 0 Å². The van der Waals surface area contributed by atoms with Crippen molar-refractivity contribution in [1.29, 1.82) is 0 Å². The van der Waals surface area contributed by atoms with E-state index in [-0.39, 0.29) is 18.4 Å². The normalized spacial score (nSPS) is 11.5. The minimum atomic E-state index is -0.336. The summed E-state index contributed by atoms with van der Waals surface area (Å²) in [6.45, 7) is 4.67. The first-order chi connectivity index (χ1) is 16.0. The molecule has 0 radical (unpaired) electrons. The lowest BCUT2D eigenvalue weighted by molar-refractivity contribution is -0.118. The summed E-state index contributed by atoms with van der Waals surface area (Å²) in [4.78, 5) is 25.2. The summed E-state index contributed by atoms with van der Waals surface area (Å²) in [7, 11) is 0. The van der Waals surface area contributed by atoms with Gasteiger partial charge in [0, 0.05) is 6.54 Å². The van der Waals surface area contributed by atoms with Crippen LogP contribution in [-0.2, 0) is 11.2 Å². The van der Waals surface area contributed by atoms with Crippen LogP contribution in [0.5, 0.6) is 5.75 Å². The molecule has 0 saturated heterocycles. The van der Waals surface area contributed by atoms with E-state index >= 15 is 0 Å². The molecule has 0 heterocycles. The summed E-state index contributed by atoms with van der Waals surface area (Å²) in [5.74, 6) is 0.488. The number of amides is 2. The largest absolute Gasteiger partial charge is 0.483 e. The molecule has 0 saturated carbocycles. The van der Waals surface area contributed by atoms with Crippen LogP contribution in [0.15, 0.2) is 77.3 Å². The Labute approximate surface area is 203 Å². The zero-order valence-corrected chi connectivity index (χ0v) is 20.5. The van der Waals surface area contributed by atoms with Gasteiger partial charge in [0.25, 0.3) is 11.8 Å². The molecule has 172 valence electrons. The molecule has 0 fully saturated rings. The monoisotopic (exact) mass is 508 g/mol. The number of carbonyl (C=O) groups is 2. The smallest absolute Gasteiger partial charge is 0.262 e. The van der Waals surface area contributed by atoms with Crippen LogP contribution in [0.4, 0.5) is 5.69 Å². The fourth-order valence-corrected chi connectivity index (χ4v) is 3.87. The van der Waals surface area contributed by atoms with E-state index in [1.54, 1.807) is 24.3 Å². The van der Waals surface area contributed by atoms with Crippen molar-refractivity contribution in [2.24, 2.45) is 0 Å². The van der Waals surface area contributed by atoms with Crippen LogP contribution < -0.4 is 15.4 Å². The Bertz CT molecular complexity index is 1090. The zero-order chi connectivity index (χ0) is 23.6. The fourth-order valence-electron chi connectivity index (χ4n) is 3.36. The lowest BCUT2D eigenvalue weighted by Gasteiger charge is -2.14. The molecule has 0 spiro atoms. The van der Waals surface area contributed by atoms with E-state index in [0.29, 0.717) is 29.5 Å². The van der Waals surface area contributed by atoms with Crippen molar-refractivity contribution in [2.75, 3.05) is 18.5 Å². The lowest BCUT2D eigenvalue weighted by atomic mass is 9.99. The Kier molecular flexibility index (Phi) is 9.07. The standard InChI is InChI=1S/C27H29BrN2O3/c1-3-19(2)21-13-14-25(23(28)17-21)33-18-26(31)30-24-12-8-7-11-22(24)27(32)29-16-15-20-9-5-4-6-10-20/h4-14,17,19H,3,15-16,18H2,1-2H3,(H,29,32)(H,30,31). The first-order valence-corrected chi connectivity index (χ1v) is 11.9. The summed E-state index contributed by atoms with van der Waals surface area (Å²) in [6, 6.07) is 22.8. The molecular weight excluding hydrogens is 480 g/mol. The Hall–Kier alpha value is -3.12. The molecule has 2 amide bonds. The van der Waals surface area contributed by atoms with E-state index in [4.69, 9.17) is 4.74 Å².